The molecule has 0 N–H and O–H groups in total. The van der Waals surface area contributed by atoms with Crippen LogP contribution in [0.2, 0.25) is 0 Å². The largest absolute Gasteiger partial charge is 0.0850 e. The minimum atomic E-state index is 1.27. The van der Waals surface area contributed by atoms with Crippen LogP contribution in [0.1, 0.15) is 45.4 Å². The topological polar surface area (TPSA) is 0 Å². The van der Waals surface area contributed by atoms with Crippen molar-refractivity contribution in [3.63, 3.8) is 0 Å². The summed E-state index contributed by atoms with van der Waals surface area (Å²) in [7, 11) is 0. The molecule has 1 aliphatic rings. The molecular formula is C10H17. The average molecular weight is 137 g/mol. The Balaban J connectivity index is 2.18. The van der Waals surface area contributed by atoms with Crippen LogP contribution in [0.15, 0.2) is 11.6 Å². The Kier molecular flexibility index (Phi) is 3.56. The van der Waals surface area contributed by atoms with Crippen LogP contribution in [-0.4, -0.2) is 0 Å². The average Bonchev–Trinajstić information content (AvgIpc) is 2.03. The number of hydrogen-bond donors (Lipinski definition) is 0. The van der Waals surface area contributed by atoms with E-state index in [2.05, 4.69) is 19.4 Å². The van der Waals surface area contributed by atoms with Crippen molar-refractivity contribution in [1.29, 1.82) is 0 Å². The zero-order chi connectivity index (χ0) is 7.23. The van der Waals surface area contributed by atoms with E-state index in [-0.39, 0.29) is 0 Å². The SMILES string of the molecule is CCC[CH]C1=CCCCC1. The molecule has 1 radical (unpaired) electrons. The van der Waals surface area contributed by atoms with Crippen LogP contribution in [0, 0.1) is 6.42 Å². The van der Waals surface area contributed by atoms with Crippen molar-refractivity contribution in [3.8, 4) is 0 Å². The van der Waals surface area contributed by atoms with Gasteiger partial charge in [-0.05, 0) is 38.5 Å². The van der Waals surface area contributed by atoms with Crippen molar-refractivity contribution < 1.29 is 0 Å². The molecule has 0 nitrogen and oxygen atoms in total. The molecule has 0 saturated heterocycles. The van der Waals surface area contributed by atoms with Crippen LogP contribution in [-0.2, 0) is 0 Å². The Morgan fingerprint density at radius 1 is 1.50 bits per heavy atom. The summed E-state index contributed by atoms with van der Waals surface area (Å²) in [5.74, 6) is 0. The molecule has 0 aromatic carbocycles. The van der Waals surface area contributed by atoms with E-state index in [9.17, 15) is 0 Å². The molecule has 0 heteroatoms. The van der Waals surface area contributed by atoms with Gasteiger partial charge < -0.3 is 0 Å². The van der Waals surface area contributed by atoms with E-state index in [1.54, 1.807) is 5.57 Å². The summed E-state index contributed by atoms with van der Waals surface area (Å²) in [6.07, 6.45) is 12.8. The lowest BCUT2D eigenvalue weighted by Crippen LogP contribution is -1.91. The van der Waals surface area contributed by atoms with Crippen LogP contribution in [0.25, 0.3) is 0 Å². The zero-order valence-corrected chi connectivity index (χ0v) is 6.90. The maximum atomic E-state index is 2.40. The van der Waals surface area contributed by atoms with E-state index in [4.69, 9.17) is 0 Å². The molecule has 0 heterocycles. The molecule has 1 rings (SSSR count). The lowest BCUT2D eigenvalue weighted by atomic mass is 9.96. The molecule has 0 aromatic heterocycles. The number of unbranched alkanes of at least 4 members (excludes halogenated alkanes) is 1. The third kappa shape index (κ3) is 2.55. The lowest BCUT2D eigenvalue weighted by molar-refractivity contribution is 0.696. The van der Waals surface area contributed by atoms with E-state index in [1.807, 2.05) is 0 Å². The maximum absolute atomic E-state index is 2.40. The Bertz CT molecular complexity index is 111. The summed E-state index contributed by atoms with van der Waals surface area (Å²) >= 11 is 0. The third-order valence-electron chi connectivity index (χ3n) is 2.02. The molecular weight excluding hydrogens is 120 g/mol. The normalized spacial score (nSPS) is 18.7. The standard InChI is InChI=1S/C10H17/c1-2-3-7-10-8-5-4-6-9-10/h7-8H,2-6,9H2,1H3. The second-order valence-electron chi connectivity index (χ2n) is 3.02. The van der Waals surface area contributed by atoms with Gasteiger partial charge in [0.1, 0.15) is 0 Å². The van der Waals surface area contributed by atoms with E-state index >= 15 is 0 Å². The van der Waals surface area contributed by atoms with Crippen LogP contribution >= 0.6 is 0 Å². The van der Waals surface area contributed by atoms with E-state index in [0.717, 1.165) is 0 Å². The van der Waals surface area contributed by atoms with Gasteiger partial charge in [-0.2, -0.15) is 0 Å². The second kappa shape index (κ2) is 4.54. The molecule has 0 saturated carbocycles. The third-order valence-corrected chi connectivity index (χ3v) is 2.02. The maximum Gasteiger partial charge on any atom is -0.0138 e. The summed E-state index contributed by atoms with van der Waals surface area (Å²) in [6, 6.07) is 0. The Morgan fingerprint density at radius 2 is 2.40 bits per heavy atom. The predicted molar refractivity (Wildman–Crippen MR) is 45.8 cm³/mol. The monoisotopic (exact) mass is 137 g/mol. The van der Waals surface area contributed by atoms with Gasteiger partial charge in [0.05, 0.1) is 0 Å². The van der Waals surface area contributed by atoms with Crippen molar-refractivity contribution in [2.45, 2.75) is 45.4 Å². The highest BCUT2D eigenvalue weighted by atomic mass is 14.1. The fourth-order valence-electron chi connectivity index (χ4n) is 1.38. The molecule has 0 unspecified atom stereocenters. The second-order valence-corrected chi connectivity index (χ2v) is 3.02. The smallest absolute Gasteiger partial charge is 0.0138 e. The summed E-state index contributed by atoms with van der Waals surface area (Å²) in [5, 5.41) is 0. The molecule has 0 bridgehead atoms. The Hall–Kier alpha value is -0.260. The van der Waals surface area contributed by atoms with Gasteiger partial charge in [-0.15, -0.1) is 0 Å². The first-order valence-corrected chi connectivity index (χ1v) is 4.45. The summed E-state index contributed by atoms with van der Waals surface area (Å²) < 4.78 is 0. The Labute approximate surface area is 64.3 Å². The zero-order valence-electron chi connectivity index (χ0n) is 6.90. The first kappa shape index (κ1) is 7.84. The van der Waals surface area contributed by atoms with Gasteiger partial charge in [-0.25, -0.2) is 0 Å². The molecule has 0 amide bonds. The molecule has 0 spiro atoms. The van der Waals surface area contributed by atoms with Gasteiger partial charge in [0.2, 0.25) is 0 Å². The van der Waals surface area contributed by atoms with Crippen molar-refractivity contribution in [2.24, 2.45) is 0 Å². The number of hydrogen-bond acceptors (Lipinski definition) is 0. The van der Waals surface area contributed by atoms with Crippen LogP contribution < -0.4 is 0 Å². The summed E-state index contributed by atoms with van der Waals surface area (Å²) in [6.45, 7) is 2.24. The minimum Gasteiger partial charge on any atom is -0.0850 e. The molecule has 1 aliphatic carbocycles. The highest BCUT2D eigenvalue weighted by Gasteiger charge is 2.01. The molecule has 0 aromatic rings. The van der Waals surface area contributed by atoms with Gasteiger partial charge in [0, 0.05) is 0 Å². The summed E-state index contributed by atoms with van der Waals surface area (Å²) in [5.41, 5.74) is 1.60. The predicted octanol–water partition coefficient (Wildman–Crippen LogP) is 3.49. The van der Waals surface area contributed by atoms with Crippen molar-refractivity contribution in [2.75, 3.05) is 0 Å². The molecule has 0 atom stereocenters. The van der Waals surface area contributed by atoms with E-state index in [0.29, 0.717) is 0 Å². The first-order chi connectivity index (χ1) is 4.93. The van der Waals surface area contributed by atoms with Crippen molar-refractivity contribution >= 4 is 0 Å². The number of allylic oxidation sites excluding steroid dienone is 2. The fraction of sp³-hybridized carbons (Fsp3) is 0.700. The van der Waals surface area contributed by atoms with E-state index in [1.165, 1.54) is 38.5 Å². The highest BCUT2D eigenvalue weighted by molar-refractivity contribution is 5.14. The first-order valence-electron chi connectivity index (χ1n) is 4.45. The summed E-state index contributed by atoms with van der Waals surface area (Å²) in [4.78, 5) is 0. The minimum absolute atomic E-state index is 1.27. The molecule has 0 aliphatic heterocycles. The van der Waals surface area contributed by atoms with Crippen LogP contribution in [0.3, 0.4) is 0 Å². The Morgan fingerprint density at radius 3 is 3.00 bits per heavy atom. The highest BCUT2D eigenvalue weighted by Crippen LogP contribution is 2.20. The molecule has 0 fully saturated rings. The molecule has 10 heavy (non-hydrogen) atoms. The van der Waals surface area contributed by atoms with Gasteiger partial charge in [-0.1, -0.05) is 25.0 Å². The van der Waals surface area contributed by atoms with Crippen molar-refractivity contribution in [3.05, 3.63) is 18.1 Å². The van der Waals surface area contributed by atoms with E-state index < -0.39 is 0 Å². The van der Waals surface area contributed by atoms with Crippen LogP contribution in [0.4, 0.5) is 0 Å². The van der Waals surface area contributed by atoms with Gasteiger partial charge in [0.25, 0.3) is 0 Å². The molecule has 57 valence electrons. The van der Waals surface area contributed by atoms with Gasteiger partial charge in [0.15, 0.2) is 0 Å². The number of rotatable bonds is 3. The van der Waals surface area contributed by atoms with Crippen molar-refractivity contribution in [1.82, 2.24) is 0 Å². The van der Waals surface area contributed by atoms with Gasteiger partial charge >= 0.3 is 0 Å². The van der Waals surface area contributed by atoms with Gasteiger partial charge in [-0.3, -0.25) is 0 Å². The van der Waals surface area contributed by atoms with Crippen LogP contribution in [0.5, 0.6) is 0 Å². The quantitative estimate of drug-likeness (QED) is 0.558. The lowest BCUT2D eigenvalue weighted by Gasteiger charge is -2.10. The fourth-order valence-corrected chi connectivity index (χ4v) is 1.38.